The topological polar surface area (TPSA) is 72.1 Å². The van der Waals surface area contributed by atoms with Gasteiger partial charge >= 0.3 is 0 Å². The zero-order valence-corrected chi connectivity index (χ0v) is 15.4. The number of fused-ring (bicyclic) bond motifs is 2. The van der Waals surface area contributed by atoms with Gasteiger partial charge in [0.15, 0.2) is 11.5 Å². The molecule has 128 valence electrons. The Morgan fingerprint density at radius 1 is 1.04 bits per heavy atom. The van der Waals surface area contributed by atoms with Gasteiger partial charge in [0.2, 0.25) is 5.95 Å². The fourth-order valence-electron chi connectivity index (χ4n) is 3.86. The molecule has 4 heterocycles. The lowest BCUT2D eigenvalue weighted by molar-refractivity contribution is 0.472. The van der Waals surface area contributed by atoms with Crippen molar-refractivity contribution in [2.75, 3.05) is 18.0 Å². The summed E-state index contributed by atoms with van der Waals surface area (Å²) in [5.41, 5.74) is 3.44. The van der Waals surface area contributed by atoms with Crippen LogP contribution in [0.3, 0.4) is 0 Å². The first-order valence-corrected chi connectivity index (χ1v) is 9.54. The summed E-state index contributed by atoms with van der Waals surface area (Å²) in [6.07, 6.45) is 9.01. The number of hydrogen-bond donors (Lipinski definition) is 0. The quantitative estimate of drug-likeness (QED) is 0.659. The molecule has 2 aliphatic rings. The molecule has 0 spiro atoms. The second kappa shape index (κ2) is 6.01. The number of aromatic nitrogens is 6. The standard InChI is InChI=1S/C17H18BrN7/c18-13-9-19-17(20-10-13)24-6-4-11(5-7-24)16-22-21-15-8-12-2-1-3-14(12)23-25(15)16/h8-11H,1-7H2. The van der Waals surface area contributed by atoms with Gasteiger partial charge in [0.05, 0.1) is 10.2 Å². The molecule has 0 N–H and O–H groups in total. The molecule has 3 aromatic rings. The number of piperidine rings is 1. The fourth-order valence-corrected chi connectivity index (χ4v) is 4.06. The predicted molar refractivity (Wildman–Crippen MR) is 96.7 cm³/mol. The average molecular weight is 400 g/mol. The normalized spacial score (nSPS) is 18.0. The van der Waals surface area contributed by atoms with Crippen molar-refractivity contribution < 1.29 is 0 Å². The summed E-state index contributed by atoms with van der Waals surface area (Å²) in [6.45, 7) is 1.85. The van der Waals surface area contributed by atoms with Crippen molar-refractivity contribution in [3.8, 4) is 0 Å². The third-order valence-corrected chi connectivity index (χ3v) is 5.60. The van der Waals surface area contributed by atoms with Crippen LogP contribution >= 0.6 is 15.9 Å². The summed E-state index contributed by atoms with van der Waals surface area (Å²) in [4.78, 5) is 11.0. The fraction of sp³-hybridized carbons (Fsp3) is 0.471. The molecular formula is C17H18BrN7. The van der Waals surface area contributed by atoms with Crippen LogP contribution in [0.25, 0.3) is 5.65 Å². The maximum absolute atomic E-state index is 4.83. The lowest BCUT2D eigenvalue weighted by Gasteiger charge is -2.30. The maximum atomic E-state index is 4.83. The van der Waals surface area contributed by atoms with E-state index in [1.165, 1.54) is 17.7 Å². The van der Waals surface area contributed by atoms with E-state index in [4.69, 9.17) is 5.10 Å². The highest BCUT2D eigenvalue weighted by Gasteiger charge is 2.27. The van der Waals surface area contributed by atoms with Gasteiger partial charge in [-0.1, -0.05) is 0 Å². The molecule has 3 aromatic heterocycles. The average Bonchev–Trinajstić information content (AvgIpc) is 3.26. The van der Waals surface area contributed by atoms with Gasteiger partial charge in [-0.3, -0.25) is 0 Å². The van der Waals surface area contributed by atoms with Crippen LogP contribution in [0.15, 0.2) is 22.9 Å². The van der Waals surface area contributed by atoms with Gasteiger partial charge in [-0.25, -0.2) is 9.97 Å². The van der Waals surface area contributed by atoms with Gasteiger partial charge in [0, 0.05) is 31.4 Å². The van der Waals surface area contributed by atoms with Gasteiger partial charge < -0.3 is 4.90 Å². The number of rotatable bonds is 2. The Bertz CT molecular complexity index is 913. The van der Waals surface area contributed by atoms with Crippen LogP contribution in [-0.2, 0) is 12.8 Å². The van der Waals surface area contributed by atoms with E-state index in [0.717, 1.165) is 60.7 Å². The van der Waals surface area contributed by atoms with E-state index in [2.05, 4.69) is 47.1 Å². The SMILES string of the molecule is Brc1cnc(N2CCC(c3nnc4cc5c(nn34)CCC5)CC2)nc1. The molecule has 0 bridgehead atoms. The van der Waals surface area contributed by atoms with Crippen LogP contribution < -0.4 is 4.90 Å². The number of anilines is 1. The van der Waals surface area contributed by atoms with Gasteiger partial charge in [-0.2, -0.15) is 9.61 Å². The molecule has 0 radical (unpaired) electrons. The molecule has 8 heteroatoms. The number of aryl methyl sites for hydroxylation is 2. The predicted octanol–water partition coefficient (Wildman–Crippen LogP) is 2.55. The summed E-state index contributed by atoms with van der Waals surface area (Å²) in [6, 6.07) is 2.16. The first kappa shape index (κ1) is 15.2. The summed E-state index contributed by atoms with van der Waals surface area (Å²) >= 11 is 3.38. The van der Waals surface area contributed by atoms with Gasteiger partial charge in [-0.15, -0.1) is 10.2 Å². The van der Waals surface area contributed by atoms with E-state index < -0.39 is 0 Å². The number of hydrogen-bond acceptors (Lipinski definition) is 6. The summed E-state index contributed by atoms with van der Waals surface area (Å²) in [7, 11) is 0. The summed E-state index contributed by atoms with van der Waals surface area (Å²) in [5.74, 6) is 2.18. The third kappa shape index (κ3) is 2.68. The summed E-state index contributed by atoms with van der Waals surface area (Å²) < 4.78 is 2.88. The molecule has 0 unspecified atom stereocenters. The first-order valence-electron chi connectivity index (χ1n) is 8.74. The zero-order valence-electron chi connectivity index (χ0n) is 13.8. The van der Waals surface area contributed by atoms with Crippen LogP contribution in [-0.4, -0.2) is 42.9 Å². The highest BCUT2D eigenvalue weighted by atomic mass is 79.9. The lowest BCUT2D eigenvalue weighted by atomic mass is 9.96. The second-order valence-electron chi connectivity index (χ2n) is 6.76. The van der Waals surface area contributed by atoms with Crippen LogP contribution in [0.1, 0.15) is 42.3 Å². The van der Waals surface area contributed by atoms with Crippen molar-refractivity contribution in [3.63, 3.8) is 0 Å². The van der Waals surface area contributed by atoms with E-state index in [1.54, 1.807) is 12.4 Å². The molecular weight excluding hydrogens is 382 g/mol. The van der Waals surface area contributed by atoms with Crippen molar-refractivity contribution in [2.45, 2.75) is 38.0 Å². The Morgan fingerprint density at radius 2 is 1.84 bits per heavy atom. The van der Waals surface area contributed by atoms with Gasteiger partial charge in [0.1, 0.15) is 0 Å². The molecule has 0 amide bonds. The molecule has 0 aromatic carbocycles. The van der Waals surface area contributed by atoms with E-state index >= 15 is 0 Å². The molecule has 0 atom stereocenters. The van der Waals surface area contributed by atoms with Crippen LogP contribution in [0, 0.1) is 0 Å². The minimum Gasteiger partial charge on any atom is -0.341 e. The van der Waals surface area contributed by atoms with E-state index in [1.807, 2.05) is 4.52 Å². The minimum atomic E-state index is 0.383. The van der Waals surface area contributed by atoms with Gasteiger partial charge in [0.25, 0.3) is 0 Å². The number of halogens is 1. The lowest BCUT2D eigenvalue weighted by Crippen LogP contribution is -2.34. The molecule has 0 saturated carbocycles. The molecule has 1 aliphatic heterocycles. The molecule has 5 rings (SSSR count). The Labute approximate surface area is 153 Å². The molecule has 25 heavy (non-hydrogen) atoms. The molecule has 1 fully saturated rings. The van der Waals surface area contributed by atoms with E-state index in [-0.39, 0.29) is 0 Å². The monoisotopic (exact) mass is 399 g/mol. The highest BCUT2D eigenvalue weighted by molar-refractivity contribution is 9.10. The van der Waals surface area contributed by atoms with Crippen LogP contribution in [0.2, 0.25) is 0 Å². The van der Waals surface area contributed by atoms with Crippen LogP contribution in [0.4, 0.5) is 5.95 Å². The Morgan fingerprint density at radius 3 is 2.64 bits per heavy atom. The van der Waals surface area contributed by atoms with Crippen molar-refractivity contribution in [1.29, 1.82) is 0 Å². The molecule has 1 saturated heterocycles. The Hall–Kier alpha value is -2.09. The zero-order chi connectivity index (χ0) is 16.8. The van der Waals surface area contributed by atoms with E-state index in [9.17, 15) is 0 Å². The minimum absolute atomic E-state index is 0.383. The summed E-state index contributed by atoms with van der Waals surface area (Å²) in [5, 5.41) is 13.7. The van der Waals surface area contributed by atoms with Crippen LogP contribution in [0.5, 0.6) is 0 Å². The maximum Gasteiger partial charge on any atom is 0.225 e. The van der Waals surface area contributed by atoms with Crippen molar-refractivity contribution >= 4 is 27.5 Å². The first-order chi connectivity index (χ1) is 12.3. The second-order valence-corrected chi connectivity index (χ2v) is 7.68. The largest absolute Gasteiger partial charge is 0.341 e. The van der Waals surface area contributed by atoms with E-state index in [0.29, 0.717) is 5.92 Å². The molecule has 7 nitrogen and oxygen atoms in total. The molecule has 1 aliphatic carbocycles. The van der Waals surface area contributed by atoms with Crippen molar-refractivity contribution in [1.82, 2.24) is 29.8 Å². The van der Waals surface area contributed by atoms with Crippen molar-refractivity contribution in [3.05, 3.63) is 40.0 Å². The number of nitrogens with zero attached hydrogens (tertiary/aromatic N) is 7. The van der Waals surface area contributed by atoms with Crippen molar-refractivity contribution in [2.24, 2.45) is 0 Å². The third-order valence-electron chi connectivity index (χ3n) is 5.19. The highest BCUT2D eigenvalue weighted by Crippen LogP contribution is 2.29. The Kier molecular flexibility index (Phi) is 3.65. The smallest absolute Gasteiger partial charge is 0.225 e. The Balaban J connectivity index is 1.37. The van der Waals surface area contributed by atoms with Gasteiger partial charge in [-0.05, 0) is 59.7 Å².